The first kappa shape index (κ1) is 42.5. The fourth-order valence-electron chi connectivity index (χ4n) is 16.2. The third-order valence-electron chi connectivity index (χ3n) is 19.0. The maximum Gasteiger partial charge on any atom is 0.0746 e. The minimum absolute atomic E-state index is 0.0262. The van der Waals surface area contributed by atoms with E-state index in [2.05, 4.69) is 233 Å². The molecule has 0 heterocycles. The Hall–Kier alpha value is -7.22. The Bertz CT molecular complexity index is 3630. The molecular weight excluding hydrogens is 867 g/mol. The number of fused-ring (bicyclic) bond motifs is 13. The van der Waals surface area contributed by atoms with Gasteiger partial charge in [-0.3, -0.25) is 0 Å². The molecule has 4 fully saturated rings. The largest absolute Gasteiger partial charge is 0.310 e. The van der Waals surface area contributed by atoms with Gasteiger partial charge in [-0.1, -0.05) is 204 Å². The molecule has 0 N–H and O–H groups in total. The molecule has 2 spiro atoms. The molecule has 0 radical (unpaired) electrons. The van der Waals surface area contributed by atoms with Gasteiger partial charge in [0.05, 0.1) is 16.8 Å². The molecule has 9 aromatic rings. The third-order valence-corrected chi connectivity index (χ3v) is 19.0. The molecule has 1 atom stereocenters. The lowest BCUT2D eigenvalue weighted by Gasteiger charge is -2.61. The molecule has 0 aromatic heterocycles. The molecule has 350 valence electrons. The van der Waals surface area contributed by atoms with Crippen molar-refractivity contribution in [3.05, 3.63) is 245 Å². The Kier molecular flexibility index (Phi) is 9.08. The quantitative estimate of drug-likeness (QED) is 0.161. The van der Waals surface area contributed by atoms with Gasteiger partial charge in [0.15, 0.2) is 0 Å². The van der Waals surface area contributed by atoms with Gasteiger partial charge in [-0.2, -0.15) is 0 Å². The Labute approximate surface area is 426 Å². The van der Waals surface area contributed by atoms with Crippen molar-refractivity contribution in [2.45, 2.75) is 82.5 Å². The van der Waals surface area contributed by atoms with Gasteiger partial charge >= 0.3 is 0 Å². The van der Waals surface area contributed by atoms with Crippen LogP contribution in [-0.2, 0) is 22.7 Å². The van der Waals surface area contributed by atoms with Gasteiger partial charge in [0.25, 0.3) is 0 Å². The van der Waals surface area contributed by atoms with E-state index in [1.807, 2.05) is 0 Å². The fraction of sp³-hybridized carbons (Fsp3) is 0.239. The standard InChI is InChI=1S/C71H61N/c1-5-44-25-35-56-57-36-32-51(69(2,3)4)43-64(57)71(63(56)42-44)60-20-11-9-17-55(60)58-19-13-24-66(68(58)71)72(54-33-30-50(31-34-54)49-28-26-48(27-29-49)47-15-7-6-8-16-47)65-23-14-22-62-67(65)59-18-10-12-21-61(59)70(62)52-38-45-37-46(40-52)41-53(70)39-45/h6-36,42-43,45-46,52-53H,5,37-41H2,1-4H3. The third kappa shape index (κ3) is 5.71. The summed E-state index contributed by atoms with van der Waals surface area (Å²) in [6.07, 6.45) is 7.90. The summed E-state index contributed by atoms with van der Waals surface area (Å²) in [5, 5.41) is 0. The summed E-state index contributed by atoms with van der Waals surface area (Å²) in [6, 6.07) is 78.0. The van der Waals surface area contributed by atoms with Crippen molar-refractivity contribution in [3.8, 4) is 55.6 Å². The summed E-state index contributed by atoms with van der Waals surface area (Å²) >= 11 is 0. The van der Waals surface area contributed by atoms with Crippen LogP contribution in [0.4, 0.5) is 17.1 Å². The van der Waals surface area contributed by atoms with Crippen LogP contribution < -0.4 is 4.90 Å². The molecule has 1 unspecified atom stereocenters. The van der Waals surface area contributed by atoms with Crippen LogP contribution in [0.3, 0.4) is 0 Å². The molecule has 4 bridgehead atoms. The van der Waals surface area contributed by atoms with E-state index in [-0.39, 0.29) is 10.8 Å². The second-order valence-corrected chi connectivity index (χ2v) is 23.5. The van der Waals surface area contributed by atoms with Crippen LogP contribution in [0, 0.1) is 23.7 Å². The summed E-state index contributed by atoms with van der Waals surface area (Å²) in [4.78, 5) is 2.72. The normalized spacial score (nSPS) is 23.2. The number of anilines is 3. The van der Waals surface area contributed by atoms with Gasteiger partial charge in [-0.15, -0.1) is 0 Å². The summed E-state index contributed by atoms with van der Waals surface area (Å²) < 4.78 is 0. The monoisotopic (exact) mass is 927 g/mol. The van der Waals surface area contributed by atoms with Gasteiger partial charge < -0.3 is 4.90 Å². The van der Waals surface area contributed by atoms with Crippen molar-refractivity contribution in [1.82, 2.24) is 0 Å². The SMILES string of the molecule is CCc1ccc2c(c1)C1(c3cc(C(C)(C)C)ccc3-2)c2ccccc2-c2cccc(N(c3ccc(-c4ccc(-c5ccccc5)cc4)cc3)c3cccc4c3-c3ccccc3C43C4CC5CC(C4)CC3C5)c21. The van der Waals surface area contributed by atoms with Gasteiger partial charge in [0.1, 0.15) is 0 Å². The fourth-order valence-corrected chi connectivity index (χ4v) is 16.2. The van der Waals surface area contributed by atoms with Gasteiger partial charge in [-0.25, -0.2) is 0 Å². The number of benzene rings is 9. The van der Waals surface area contributed by atoms with E-state index >= 15 is 0 Å². The lowest BCUT2D eigenvalue weighted by Crippen LogP contribution is -2.55. The van der Waals surface area contributed by atoms with Crippen LogP contribution in [0.5, 0.6) is 0 Å². The Morgan fingerprint density at radius 1 is 0.431 bits per heavy atom. The van der Waals surface area contributed by atoms with Gasteiger partial charge in [0, 0.05) is 22.2 Å². The van der Waals surface area contributed by atoms with Gasteiger partial charge in [-0.05, 0) is 181 Å². The average Bonchev–Trinajstić information content (AvgIpc) is 4.01. The maximum absolute atomic E-state index is 2.72. The zero-order valence-electron chi connectivity index (χ0n) is 42.1. The Morgan fingerprint density at radius 2 is 0.958 bits per heavy atom. The van der Waals surface area contributed by atoms with Crippen LogP contribution in [0.2, 0.25) is 0 Å². The molecule has 0 amide bonds. The van der Waals surface area contributed by atoms with Crippen molar-refractivity contribution in [3.63, 3.8) is 0 Å². The molecule has 1 nitrogen and oxygen atoms in total. The number of aryl methyl sites for hydroxylation is 1. The number of rotatable bonds is 6. The molecule has 16 rings (SSSR count). The van der Waals surface area contributed by atoms with E-state index < -0.39 is 5.41 Å². The molecule has 0 saturated heterocycles. The highest BCUT2D eigenvalue weighted by Crippen LogP contribution is 2.71. The van der Waals surface area contributed by atoms with Crippen LogP contribution in [0.1, 0.15) is 104 Å². The molecule has 0 aliphatic heterocycles. The number of hydrogen-bond acceptors (Lipinski definition) is 1. The number of hydrogen-bond donors (Lipinski definition) is 0. The zero-order valence-corrected chi connectivity index (χ0v) is 42.1. The van der Waals surface area contributed by atoms with Crippen LogP contribution >= 0.6 is 0 Å². The smallest absolute Gasteiger partial charge is 0.0746 e. The van der Waals surface area contributed by atoms with Crippen LogP contribution in [-0.4, -0.2) is 0 Å². The van der Waals surface area contributed by atoms with Crippen molar-refractivity contribution in [2.24, 2.45) is 23.7 Å². The van der Waals surface area contributed by atoms with Crippen molar-refractivity contribution in [2.75, 3.05) is 4.90 Å². The van der Waals surface area contributed by atoms with E-state index in [1.165, 1.54) is 138 Å². The molecule has 7 aliphatic rings. The lowest BCUT2D eigenvalue weighted by atomic mass is 9.43. The van der Waals surface area contributed by atoms with Crippen molar-refractivity contribution in [1.29, 1.82) is 0 Å². The Balaban J connectivity index is 1.01. The summed E-state index contributed by atoms with van der Waals surface area (Å²) in [7, 11) is 0. The van der Waals surface area contributed by atoms with E-state index in [1.54, 1.807) is 11.1 Å². The molecule has 72 heavy (non-hydrogen) atoms. The first-order valence-corrected chi connectivity index (χ1v) is 27.1. The first-order chi connectivity index (χ1) is 35.2. The maximum atomic E-state index is 2.72. The minimum Gasteiger partial charge on any atom is -0.310 e. The minimum atomic E-state index is -0.545. The van der Waals surface area contributed by atoms with Crippen LogP contribution in [0.25, 0.3) is 55.6 Å². The predicted octanol–water partition coefficient (Wildman–Crippen LogP) is 18.4. The average molecular weight is 928 g/mol. The molecule has 7 aliphatic carbocycles. The van der Waals surface area contributed by atoms with Crippen molar-refractivity contribution < 1.29 is 0 Å². The van der Waals surface area contributed by atoms with Crippen molar-refractivity contribution >= 4 is 17.1 Å². The summed E-state index contributed by atoms with van der Waals surface area (Å²) in [6.45, 7) is 9.42. The highest BCUT2D eigenvalue weighted by atomic mass is 15.2. The van der Waals surface area contributed by atoms with Crippen LogP contribution in [0.15, 0.2) is 200 Å². The molecule has 4 saturated carbocycles. The van der Waals surface area contributed by atoms with E-state index in [0.717, 1.165) is 18.3 Å². The van der Waals surface area contributed by atoms with Gasteiger partial charge in [0.2, 0.25) is 0 Å². The lowest BCUT2D eigenvalue weighted by molar-refractivity contribution is -0.0399. The summed E-state index contributed by atoms with van der Waals surface area (Å²) in [5.41, 5.74) is 27.9. The topological polar surface area (TPSA) is 3.24 Å². The summed E-state index contributed by atoms with van der Waals surface area (Å²) in [5.74, 6) is 3.14. The van der Waals surface area contributed by atoms with E-state index in [0.29, 0.717) is 11.8 Å². The highest BCUT2D eigenvalue weighted by Gasteiger charge is 2.62. The predicted molar refractivity (Wildman–Crippen MR) is 300 cm³/mol. The number of nitrogens with zero attached hydrogens (tertiary/aromatic N) is 1. The second-order valence-electron chi connectivity index (χ2n) is 23.5. The highest BCUT2D eigenvalue weighted by molar-refractivity contribution is 6.02. The first-order valence-electron chi connectivity index (χ1n) is 27.1. The molecule has 1 heteroatoms. The second kappa shape index (κ2) is 15.4. The molecular formula is C71H61N. The zero-order chi connectivity index (χ0) is 48.1. The Morgan fingerprint density at radius 3 is 1.64 bits per heavy atom. The van der Waals surface area contributed by atoms with E-state index in [4.69, 9.17) is 0 Å². The van der Waals surface area contributed by atoms with E-state index in [9.17, 15) is 0 Å². The molecule has 9 aromatic carbocycles.